The van der Waals surface area contributed by atoms with Crippen LogP contribution in [0.3, 0.4) is 0 Å². The van der Waals surface area contributed by atoms with E-state index in [2.05, 4.69) is 118 Å². The molecule has 3 rings (SSSR count). The van der Waals surface area contributed by atoms with Crippen LogP contribution in [-0.4, -0.2) is 25.2 Å². The molecule has 0 saturated heterocycles. The van der Waals surface area contributed by atoms with Crippen molar-refractivity contribution in [2.24, 2.45) is 5.10 Å². The van der Waals surface area contributed by atoms with E-state index in [0.29, 0.717) is 11.8 Å². The first-order valence-corrected chi connectivity index (χ1v) is 10.5. The molecule has 1 aliphatic rings. The van der Waals surface area contributed by atoms with E-state index < -0.39 is 0 Å². The van der Waals surface area contributed by atoms with Crippen LogP contribution in [0.5, 0.6) is 0 Å². The quantitative estimate of drug-likeness (QED) is 0.435. The minimum absolute atomic E-state index is 0.282. The molecule has 0 amide bonds. The van der Waals surface area contributed by atoms with Crippen molar-refractivity contribution >= 4 is 11.9 Å². The number of hydrogen-bond donors (Lipinski definition) is 1. The molecule has 0 radical (unpaired) electrons. The lowest BCUT2D eigenvalue weighted by atomic mass is 9.93. The summed E-state index contributed by atoms with van der Waals surface area (Å²) in [6, 6.07) is 15.0. The van der Waals surface area contributed by atoms with Gasteiger partial charge in [0.1, 0.15) is 0 Å². The molecule has 0 fully saturated rings. The summed E-state index contributed by atoms with van der Waals surface area (Å²) in [6.07, 6.45) is 8.68. The summed E-state index contributed by atoms with van der Waals surface area (Å²) >= 11 is 0. The Bertz CT molecular complexity index is 906. The molecular formula is C26H33N3. The largest absolute Gasteiger partial charge is 0.378 e. The lowest BCUT2D eigenvalue weighted by molar-refractivity contribution is 0.530. The van der Waals surface area contributed by atoms with Crippen molar-refractivity contribution in [2.45, 2.75) is 45.4 Å². The van der Waals surface area contributed by atoms with E-state index in [0.717, 1.165) is 11.3 Å². The van der Waals surface area contributed by atoms with Gasteiger partial charge in [-0.3, -0.25) is 5.43 Å². The van der Waals surface area contributed by atoms with Crippen LogP contribution >= 0.6 is 0 Å². The fourth-order valence-corrected chi connectivity index (χ4v) is 3.77. The molecule has 2 aromatic rings. The molecule has 3 heteroatoms. The number of hydrogen-bond acceptors (Lipinski definition) is 3. The zero-order chi connectivity index (χ0) is 21.0. The maximum absolute atomic E-state index is 4.65. The summed E-state index contributed by atoms with van der Waals surface area (Å²) in [7, 11) is 4.16. The molecule has 1 atom stereocenters. The van der Waals surface area contributed by atoms with Crippen LogP contribution in [0.2, 0.25) is 0 Å². The van der Waals surface area contributed by atoms with Crippen molar-refractivity contribution in [1.29, 1.82) is 0 Å². The van der Waals surface area contributed by atoms with E-state index >= 15 is 0 Å². The molecule has 3 nitrogen and oxygen atoms in total. The molecule has 0 aromatic heterocycles. The van der Waals surface area contributed by atoms with Crippen LogP contribution < -0.4 is 5.43 Å². The maximum Gasteiger partial charge on any atom is 0.0630 e. The Hall–Kier alpha value is -2.81. The third-order valence-corrected chi connectivity index (χ3v) is 5.45. The minimum atomic E-state index is 0.282. The minimum Gasteiger partial charge on any atom is -0.378 e. The predicted molar refractivity (Wildman–Crippen MR) is 126 cm³/mol. The summed E-state index contributed by atoms with van der Waals surface area (Å²) in [5.74, 6) is 1.16. The standard InChI is InChI=1S/C26H33N3/c1-18(2)23-12-9-13-24(19(3)4)26(23)28-27-17-21-10-7-8-11-25(21)20-14-15-22(16-20)29(5)6/h7-20,28H,1-6H3. The normalized spacial score (nSPS) is 16.1. The number of para-hydroxylation sites is 1. The smallest absolute Gasteiger partial charge is 0.0630 e. The van der Waals surface area contributed by atoms with Gasteiger partial charge in [0.25, 0.3) is 0 Å². The van der Waals surface area contributed by atoms with Crippen molar-refractivity contribution in [3.8, 4) is 0 Å². The molecule has 152 valence electrons. The Labute approximate surface area is 175 Å². The van der Waals surface area contributed by atoms with Crippen molar-refractivity contribution in [2.75, 3.05) is 19.5 Å². The first-order valence-electron chi connectivity index (χ1n) is 10.5. The van der Waals surface area contributed by atoms with Crippen LogP contribution in [-0.2, 0) is 0 Å². The zero-order valence-electron chi connectivity index (χ0n) is 18.5. The van der Waals surface area contributed by atoms with Crippen LogP contribution in [0.15, 0.2) is 71.5 Å². The topological polar surface area (TPSA) is 27.6 Å². The molecule has 0 heterocycles. The molecule has 0 aliphatic heterocycles. The van der Waals surface area contributed by atoms with Gasteiger partial charge in [0.05, 0.1) is 11.9 Å². The monoisotopic (exact) mass is 387 g/mol. The predicted octanol–water partition coefficient (Wildman–Crippen LogP) is 6.48. The van der Waals surface area contributed by atoms with Crippen molar-refractivity contribution in [3.63, 3.8) is 0 Å². The highest BCUT2D eigenvalue weighted by Gasteiger charge is 2.16. The van der Waals surface area contributed by atoms with Crippen molar-refractivity contribution < 1.29 is 0 Å². The first-order chi connectivity index (χ1) is 13.9. The van der Waals surface area contributed by atoms with E-state index in [1.165, 1.54) is 22.4 Å². The van der Waals surface area contributed by atoms with E-state index in [4.69, 9.17) is 0 Å². The fraction of sp³-hybridized carbons (Fsp3) is 0.346. The van der Waals surface area contributed by atoms with Gasteiger partial charge in [-0.25, -0.2) is 0 Å². The van der Waals surface area contributed by atoms with Crippen LogP contribution in [0.1, 0.15) is 67.7 Å². The lowest BCUT2D eigenvalue weighted by Crippen LogP contribution is -2.08. The van der Waals surface area contributed by atoms with E-state index in [1.54, 1.807) is 0 Å². The third kappa shape index (κ3) is 4.79. The number of benzene rings is 2. The van der Waals surface area contributed by atoms with Gasteiger partial charge in [-0.05, 0) is 46.2 Å². The Balaban J connectivity index is 1.87. The first kappa shape index (κ1) is 20.9. The number of allylic oxidation sites excluding steroid dienone is 3. The maximum atomic E-state index is 4.65. The summed E-state index contributed by atoms with van der Waals surface area (Å²) in [5.41, 5.74) is 10.8. The highest BCUT2D eigenvalue weighted by Crippen LogP contribution is 2.33. The van der Waals surface area contributed by atoms with E-state index in [1.807, 2.05) is 6.21 Å². The average Bonchev–Trinajstić information content (AvgIpc) is 3.18. The van der Waals surface area contributed by atoms with Crippen molar-refractivity contribution in [1.82, 2.24) is 4.90 Å². The fourth-order valence-electron chi connectivity index (χ4n) is 3.77. The van der Waals surface area contributed by atoms with Crippen LogP contribution in [0.25, 0.3) is 0 Å². The Morgan fingerprint density at radius 2 is 1.59 bits per heavy atom. The van der Waals surface area contributed by atoms with Gasteiger partial charge in [-0.2, -0.15) is 5.10 Å². The molecule has 29 heavy (non-hydrogen) atoms. The number of likely N-dealkylation sites (N-methyl/N-ethyl adjacent to an activating group) is 1. The van der Waals surface area contributed by atoms with Crippen molar-refractivity contribution in [3.05, 3.63) is 88.6 Å². The summed E-state index contributed by atoms with van der Waals surface area (Å²) in [4.78, 5) is 2.14. The second-order valence-electron chi connectivity index (χ2n) is 8.49. The molecular weight excluding hydrogens is 354 g/mol. The number of nitrogens with one attached hydrogen (secondary N) is 1. The van der Waals surface area contributed by atoms with Crippen LogP contribution in [0, 0.1) is 0 Å². The summed E-state index contributed by atoms with van der Waals surface area (Å²) in [5, 5.41) is 4.65. The van der Waals surface area contributed by atoms with Gasteiger partial charge in [-0.15, -0.1) is 0 Å². The SMILES string of the molecule is CC(C)c1cccc(C(C)C)c1NN=Cc1ccccc1C1C=CC(N(C)C)=C1. The average molecular weight is 388 g/mol. The Morgan fingerprint density at radius 1 is 0.931 bits per heavy atom. The van der Waals surface area contributed by atoms with Gasteiger partial charge in [0.2, 0.25) is 0 Å². The molecule has 0 spiro atoms. The second kappa shape index (κ2) is 9.13. The van der Waals surface area contributed by atoms with Gasteiger partial charge in [0.15, 0.2) is 0 Å². The molecule has 1 unspecified atom stereocenters. The Morgan fingerprint density at radius 3 is 2.17 bits per heavy atom. The van der Waals surface area contributed by atoms with E-state index in [9.17, 15) is 0 Å². The van der Waals surface area contributed by atoms with E-state index in [-0.39, 0.29) is 5.92 Å². The number of hydrazone groups is 1. The van der Waals surface area contributed by atoms with Gasteiger partial charge in [-0.1, -0.05) is 76.2 Å². The van der Waals surface area contributed by atoms with Gasteiger partial charge >= 0.3 is 0 Å². The number of nitrogens with zero attached hydrogens (tertiary/aromatic N) is 2. The highest BCUT2D eigenvalue weighted by molar-refractivity contribution is 5.83. The number of rotatable bonds is 7. The molecule has 1 aliphatic carbocycles. The Kier molecular flexibility index (Phi) is 6.58. The molecule has 0 saturated carbocycles. The summed E-state index contributed by atoms with van der Waals surface area (Å²) < 4.78 is 0. The molecule has 0 bridgehead atoms. The number of anilines is 1. The van der Waals surface area contributed by atoms with Gasteiger partial charge < -0.3 is 4.90 Å². The highest BCUT2D eigenvalue weighted by atomic mass is 15.3. The third-order valence-electron chi connectivity index (χ3n) is 5.45. The van der Waals surface area contributed by atoms with Crippen LogP contribution in [0.4, 0.5) is 5.69 Å². The molecule has 2 aromatic carbocycles. The lowest BCUT2D eigenvalue weighted by Gasteiger charge is -2.18. The molecule has 1 N–H and O–H groups in total. The second-order valence-corrected chi connectivity index (χ2v) is 8.49. The van der Waals surface area contributed by atoms with Gasteiger partial charge in [0, 0.05) is 25.7 Å². The summed E-state index contributed by atoms with van der Waals surface area (Å²) in [6.45, 7) is 8.91. The zero-order valence-corrected chi connectivity index (χ0v) is 18.5.